The molecule has 0 saturated heterocycles. The van der Waals surface area contributed by atoms with E-state index in [1.165, 1.54) is 0 Å². The zero-order valence-electron chi connectivity index (χ0n) is 11.6. The lowest BCUT2D eigenvalue weighted by Crippen LogP contribution is -2.19. The molecule has 0 aliphatic carbocycles. The van der Waals surface area contributed by atoms with Gasteiger partial charge in [-0.15, -0.1) is 11.3 Å². The van der Waals surface area contributed by atoms with Gasteiger partial charge in [0.15, 0.2) is 0 Å². The number of thiazole rings is 1. The van der Waals surface area contributed by atoms with E-state index in [2.05, 4.69) is 29.5 Å². The molecule has 1 heterocycles. The van der Waals surface area contributed by atoms with E-state index in [4.69, 9.17) is 23.2 Å². The van der Waals surface area contributed by atoms with Crippen LogP contribution in [-0.4, -0.2) is 11.5 Å². The van der Waals surface area contributed by atoms with Crippen molar-refractivity contribution >= 4 is 34.5 Å². The van der Waals surface area contributed by atoms with Crippen molar-refractivity contribution in [3.05, 3.63) is 49.9 Å². The maximum Gasteiger partial charge on any atom is 0.0973 e. The summed E-state index contributed by atoms with van der Waals surface area (Å²) in [4.78, 5) is 4.69. The predicted octanol–water partition coefficient (Wildman–Crippen LogP) is 5.10. The van der Waals surface area contributed by atoms with Crippen LogP contribution in [0.3, 0.4) is 0 Å². The first-order chi connectivity index (χ1) is 9.60. The Labute approximate surface area is 134 Å². The van der Waals surface area contributed by atoms with Gasteiger partial charge in [0.1, 0.15) is 0 Å². The third-order valence-electron chi connectivity index (χ3n) is 3.07. The first kappa shape index (κ1) is 15.8. The maximum atomic E-state index is 6.20. The van der Waals surface area contributed by atoms with Gasteiger partial charge in [0.05, 0.1) is 10.7 Å². The lowest BCUT2D eigenvalue weighted by molar-refractivity contribution is 0.560. The standard InChI is InChI=1S/C15H18Cl2N2S/c1-3-6-18-10(2)14-9-20-15(19-14)7-11-4-5-12(16)8-13(11)17/h4-5,8-10,18H,3,6-7H2,1-2H3. The molecule has 0 radical (unpaired) electrons. The molecule has 1 atom stereocenters. The zero-order chi connectivity index (χ0) is 14.5. The monoisotopic (exact) mass is 328 g/mol. The molecule has 1 aromatic heterocycles. The third-order valence-corrected chi connectivity index (χ3v) is 4.52. The minimum atomic E-state index is 0.292. The summed E-state index contributed by atoms with van der Waals surface area (Å²) in [6, 6.07) is 5.90. The summed E-state index contributed by atoms with van der Waals surface area (Å²) < 4.78 is 0. The van der Waals surface area contributed by atoms with Crippen LogP contribution in [0.2, 0.25) is 10.0 Å². The zero-order valence-corrected chi connectivity index (χ0v) is 13.9. The van der Waals surface area contributed by atoms with E-state index in [-0.39, 0.29) is 0 Å². The van der Waals surface area contributed by atoms with E-state index in [0.717, 1.165) is 35.7 Å². The highest BCUT2D eigenvalue weighted by atomic mass is 35.5. The number of nitrogens with one attached hydrogen (secondary N) is 1. The van der Waals surface area contributed by atoms with Gasteiger partial charge in [-0.3, -0.25) is 0 Å². The molecule has 20 heavy (non-hydrogen) atoms. The third kappa shape index (κ3) is 4.19. The predicted molar refractivity (Wildman–Crippen MR) is 88.1 cm³/mol. The maximum absolute atomic E-state index is 6.20. The molecule has 1 aromatic carbocycles. The largest absolute Gasteiger partial charge is 0.309 e. The summed E-state index contributed by atoms with van der Waals surface area (Å²) in [7, 11) is 0. The molecule has 0 aliphatic heterocycles. The molecule has 108 valence electrons. The lowest BCUT2D eigenvalue weighted by Gasteiger charge is -2.09. The van der Waals surface area contributed by atoms with E-state index >= 15 is 0 Å². The quantitative estimate of drug-likeness (QED) is 0.797. The second-order valence-corrected chi connectivity index (χ2v) is 6.54. The van der Waals surface area contributed by atoms with Gasteiger partial charge in [-0.1, -0.05) is 36.2 Å². The molecule has 0 aliphatic rings. The summed E-state index contributed by atoms with van der Waals surface area (Å²) in [5.41, 5.74) is 2.16. The Balaban J connectivity index is 2.05. The van der Waals surface area contributed by atoms with Gasteiger partial charge in [0.2, 0.25) is 0 Å². The summed E-state index contributed by atoms with van der Waals surface area (Å²) in [6.45, 7) is 5.32. The topological polar surface area (TPSA) is 24.9 Å². The van der Waals surface area contributed by atoms with Gasteiger partial charge in [0.25, 0.3) is 0 Å². The fourth-order valence-corrected chi connectivity index (χ4v) is 3.28. The molecule has 2 aromatic rings. The second kappa shape index (κ2) is 7.41. The van der Waals surface area contributed by atoms with Crippen LogP contribution in [0.25, 0.3) is 0 Å². The van der Waals surface area contributed by atoms with Crippen LogP contribution in [0, 0.1) is 0 Å². The minimum absolute atomic E-state index is 0.292. The van der Waals surface area contributed by atoms with Crippen LogP contribution >= 0.6 is 34.5 Å². The fraction of sp³-hybridized carbons (Fsp3) is 0.400. The SMILES string of the molecule is CCCNC(C)c1csc(Cc2ccc(Cl)cc2Cl)n1. The molecular weight excluding hydrogens is 311 g/mol. The van der Waals surface area contributed by atoms with Gasteiger partial charge >= 0.3 is 0 Å². The van der Waals surface area contributed by atoms with Crippen molar-refractivity contribution in [2.45, 2.75) is 32.7 Å². The number of nitrogens with zero attached hydrogens (tertiary/aromatic N) is 1. The number of hydrogen-bond donors (Lipinski definition) is 1. The number of aromatic nitrogens is 1. The van der Waals surface area contributed by atoms with E-state index < -0.39 is 0 Å². The average molecular weight is 329 g/mol. The second-order valence-electron chi connectivity index (χ2n) is 4.75. The molecule has 2 rings (SSSR count). The summed E-state index contributed by atoms with van der Waals surface area (Å²) >= 11 is 13.8. The highest BCUT2D eigenvalue weighted by Gasteiger charge is 2.11. The van der Waals surface area contributed by atoms with E-state index in [0.29, 0.717) is 16.1 Å². The van der Waals surface area contributed by atoms with Crippen LogP contribution in [0.15, 0.2) is 23.6 Å². The molecular formula is C15H18Cl2N2S. The summed E-state index contributed by atoms with van der Waals surface area (Å²) in [6.07, 6.45) is 1.88. The molecule has 0 spiro atoms. The smallest absolute Gasteiger partial charge is 0.0973 e. The van der Waals surface area contributed by atoms with Gasteiger partial charge in [0, 0.05) is 27.9 Å². The van der Waals surface area contributed by atoms with Crippen LogP contribution < -0.4 is 5.32 Å². The van der Waals surface area contributed by atoms with Crippen LogP contribution in [0.5, 0.6) is 0 Å². The van der Waals surface area contributed by atoms with Gasteiger partial charge in [-0.05, 0) is 37.6 Å². The molecule has 0 saturated carbocycles. The van der Waals surface area contributed by atoms with Gasteiger partial charge in [-0.2, -0.15) is 0 Å². The Morgan fingerprint density at radius 1 is 1.35 bits per heavy atom. The molecule has 0 fully saturated rings. The number of hydrogen-bond acceptors (Lipinski definition) is 3. The van der Waals surface area contributed by atoms with Crippen LogP contribution in [0.4, 0.5) is 0 Å². The normalized spacial score (nSPS) is 12.6. The Bertz CT molecular complexity index is 569. The van der Waals surface area contributed by atoms with Crippen molar-refractivity contribution in [3.63, 3.8) is 0 Å². The van der Waals surface area contributed by atoms with E-state index in [9.17, 15) is 0 Å². The van der Waals surface area contributed by atoms with Crippen molar-refractivity contribution in [3.8, 4) is 0 Å². The first-order valence-corrected chi connectivity index (χ1v) is 8.35. The van der Waals surface area contributed by atoms with Crippen molar-refractivity contribution in [2.24, 2.45) is 0 Å². The van der Waals surface area contributed by atoms with Crippen LogP contribution in [-0.2, 0) is 6.42 Å². The Kier molecular flexibility index (Phi) is 5.85. The highest BCUT2D eigenvalue weighted by Crippen LogP contribution is 2.25. The van der Waals surface area contributed by atoms with Crippen molar-refractivity contribution in [2.75, 3.05) is 6.54 Å². The fourth-order valence-electron chi connectivity index (χ4n) is 1.90. The van der Waals surface area contributed by atoms with E-state index in [1.54, 1.807) is 17.4 Å². The van der Waals surface area contributed by atoms with Crippen molar-refractivity contribution in [1.29, 1.82) is 0 Å². The molecule has 5 heteroatoms. The molecule has 0 amide bonds. The molecule has 1 unspecified atom stereocenters. The van der Waals surface area contributed by atoms with Crippen molar-refractivity contribution < 1.29 is 0 Å². The Morgan fingerprint density at radius 2 is 2.15 bits per heavy atom. The highest BCUT2D eigenvalue weighted by molar-refractivity contribution is 7.09. The van der Waals surface area contributed by atoms with Crippen LogP contribution in [0.1, 0.15) is 42.6 Å². The number of halogens is 2. The molecule has 1 N–H and O–H groups in total. The molecule has 0 bridgehead atoms. The van der Waals surface area contributed by atoms with Gasteiger partial charge in [-0.25, -0.2) is 4.98 Å². The number of benzene rings is 1. The first-order valence-electron chi connectivity index (χ1n) is 6.71. The Morgan fingerprint density at radius 3 is 2.85 bits per heavy atom. The Hall–Kier alpha value is -0.610. The average Bonchev–Trinajstić information content (AvgIpc) is 2.88. The lowest BCUT2D eigenvalue weighted by atomic mass is 10.1. The van der Waals surface area contributed by atoms with Gasteiger partial charge < -0.3 is 5.32 Å². The number of rotatable bonds is 6. The van der Waals surface area contributed by atoms with Crippen molar-refractivity contribution in [1.82, 2.24) is 10.3 Å². The summed E-state index contributed by atoms with van der Waals surface area (Å²) in [5.74, 6) is 0. The summed E-state index contributed by atoms with van der Waals surface area (Å²) in [5, 5.41) is 8.00. The van der Waals surface area contributed by atoms with E-state index in [1.807, 2.05) is 12.1 Å². The minimum Gasteiger partial charge on any atom is -0.309 e. The molecule has 2 nitrogen and oxygen atoms in total.